The molecule has 8 heteroatoms. The maximum atomic E-state index is 13.3. The van der Waals surface area contributed by atoms with E-state index in [2.05, 4.69) is 33.5 Å². The summed E-state index contributed by atoms with van der Waals surface area (Å²) in [6, 6.07) is 19.6. The number of amides is 2. The first-order chi connectivity index (χ1) is 15.5. The molecule has 1 N–H and O–H groups in total. The number of carbonyl (C=O) groups is 2. The zero-order valence-corrected chi connectivity index (χ0v) is 19.2. The van der Waals surface area contributed by atoms with Gasteiger partial charge in [-0.3, -0.25) is 14.5 Å². The van der Waals surface area contributed by atoms with Crippen LogP contribution < -0.4 is 10.2 Å². The lowest BCUT2D eigenvalue weighted by Crippen LogP contribution is -2.45. The molecule has 0 aliphatic carbocycles. The number of benzene rings is 2. The summed E-state index contributed by atoms with van der Waals surface area (Å²) in [5.74, 6) is 0.351. The molecule has 2 aromatic heterocycles. The van der Waals surface area contributed by atoms with Gasteiger partial charge in [-0.15, -0.1) is 11.3 Å². The Morgan fingerprint density at radius 2 is 1.88 bits per heavy atom. The second-order valence-electron chi connectivity index (χ2n) is 7.52. The van der Waals surface area contributed by atoms with Gasteiger partial charge in [0.1, 0.15) is 22.2 Å². The maximum Gasteiger partial charge on any atom is 0.244 e. The summed E-state index contributed by atoms with van der Waals surface area (Å²) < 4.78 is 0. The van der Waals surface area contributed by atoms with Gasteiger partial charge in [0.15, 0.2) is 0 Å². The Labute approximate surface area is 193 Å². The van der Waals surface area contributed by atoms with Crippen molar-refractivity contribution in [3.05, 3.63) is 66.5 Å². The van der Waals surface area contributed by atoms with Gasteiger partial charge >= 0.3 is 0 Å². The maximum absolute atomic E-state index is 13.3. The molecule has 1 unspecified atom stereocenters. The highest BCUT2D eigenvalue weighted by molar-refractivity contribution is 8.00. The third-order valence-corrected chi connectivity index (χ3v) is 7.37. The van der Waals surface area contributed by atoms with E-state index in [0.29, 0.717) is 11.5 Å². The number of aromatic nitrogens is 2. The molecule has 0 saturated heterocycles. The summed E-state index contributed by atoms with van der Waals surface area (Å²) in [6.07, 6.45) is 0. The average molecular weight is 461 g/mol. The van der Waals surface area contributed by atoms with Gasteiger partial charge in [-0.1, -0.05) is 54.2 Å². The molecule has 6 nitrogen and oxygen atoms in total. The van der Waals surface area contributed by atoms with Crippen LogP contribution in [0.2, 0.25) is 0 Å². The third kappa shape index (κ3) is 3.87. The molecule has 0 saturated carbocycles. The van der Waals surface area contributed by atoms with E-state index in [1.165, 1.54) is 11.8 Å². The van der Waals surface area contributed by atoms with E-state index in [4.69, 9.17) is 0 Å². The minimum atomic E-state index is -0.425. The Kier molecular flexibility index (Phi) is 5.40. The van der Waals surface area contributed by atoms with Crippen LogP contribution in [0.4, 0.5) is 11.4 Å². The lowest BCUT2D eigenvalue weighted by Gasteiger charge is -2.30. The van der Waals surface area contributed by atoms with Gasteiger partial charge < -0.3 is 5.32 Å². The molecule has 3 heterocycles. The van der Waals surface area contributed by atoms with Crippen molar-refractivity contribution in [2.24, 2.45) is 0 Å². The lowest BCUT2D eigenvalue weighted by molar-refractivity contribution is -0.121. The quantitative estimate of drug-likeness (QED) is 0.337. The van der Waals surface area contributed by atoms with E-state index in [1.807, 2.05) is 50.2 Å². The van der Waals surface area contributed by atoms with Gasteiger partial charge in [-0.25, -0.2) is 9.97 Å². The number of nitrogens with zero attached hydrogens (tertiary/aromatic N) is 3. The van der Waals surface area contributed by atoms with Crippen molar-refractivity contribution in [1.82, 2.24) is 9.97 Å². The molecule has 160 valence electrons. The second kappa shape index (κ2) is 8.37. The predicted molar refractivity (Wildman–Crippen MR) is 130 cm³/mol. The Hall–Kier alpha value is -3.23. The summed E-state index contributed by atoms with van der Waals surface area (Å²) in [4.78, 5) is 38.3. The monoisotopic (exact) mass is 460 g/mol. The molecule has 1 atom stereocenters. The number of carbonyl (C=O) groups excluding carboxylic acids is 2. The van der Waals surface area contributed by atoms with Gasteiger partial charge in [0.05, 0.1) is 16.6 Å². The molecular formula is C24H20N4O2S2. The molecule has 5 rings (SSSR count). The molecule has 0 radical (unpaired) electrons. The van der Waals surface area contributed by atoms with Crippen molar-refractivity contribution >= 4 is 56.5 Å². The minimum absolute atomic E-state index is 0.00949. The van der Waals surface area contributed by atoms with Gasteiger partial charge in [0, 0.05) is 10.3 Å². The van der Waals surface area contributed by atoms with Crippen molar-refractivity contribution in [3.63, 3.8) is 0 Å². The molecule has 32 heavy (non-hydrogen) atoms. The molecule has 2 amide bonds. The summed E-state index contributed by atoms with van der Waals surface area (Å²) in [7, 11) is 0. The number of thiophene rings is 1. The highest BCUT2D eigenvalue weighted by Gasteiger charge is 2.30. The number of hydrogen-bond donors (Lipinski definition) is 1. The summed E-state index contributed by atoms with van der Waals surface area (Å²) in [5.41, 5.74) is 2.50. The molecule has 4 aromatic rings. The highest BCUT2D eigenvalue weighted by Crippen LogP contribution is 2.38. The van der Waals surface area contributed by atoms with Crippen LogP contribution in [0.1, 0.15) is 12.7 Å². The molecule has 0 fully saturated rings. The Balaban J connectivity index is 1.46. The van der Waals surface area contributed by atoms with Crippen molar-refractivity contribution in [1.29, 1.82) is 0 Å². The normalized spacial score (nSPS) is 14.2. The topological polar surface area (TPSA) is 75.2 Å². The van der Waals surface area contributed by atoms with Crippen molar-refractivity contribution in [3.8, 4) is 10.4 Å². The fourth-order valence-corrected chi connectivity index (χ4v) is 5.88. The zero-order valence-electron chi connectivity index (χ0n) is 17.5. The molecular weight excluding hydrogens is 440 g/mol. The summed E-state index contributed by atoms with van der Waals surface area (Å²) >= 11 is 3.03. The molecule has 1 aliphatic rings. The fourth-order valence-electron chi connectivity index (χ4n) is 3.70. The van der Waals surface area contributed by atoms with Crippen LogP contribution in [0.3, 0.4) is 0 Å². The van der Waals surface area contributed by atoms with Crippen LogP contribution >= 0.6 is 23.1 Å². The Morgan fingerprint density at radius 3 is 2.69 bits per heavy atom. The first-order valence-electron chi connectivity index (χ1n) is 10.2. The van der Waals surface area contributed by atoms with Crippen molar-refractivity contribution in [2.75, 3.05) is 16.8 Å². The van der Waals surface area contributed by atoms with Gasteiger partial charge in [-0.2, -0.15) is 0 Å². The summed E-state index contributed by atoms with van der Waals surface area (Å²) in [5, 5.41) is 4.12. The summed E-state index contributed by atoms with van der Waals surface area (Å²) in [6.45, 7) is 3.73. The van der Waals surface area contributed by atoms with Crippen LogP contribution in [0.25, 0.3) is 20.7 Å². The van der Waals surface area contributed by atoms with E-state index in [1.54, 1.807) is 22.3 Å². The van der Waals surface area contributed by atoms with Gasteiger partial charge in [0.25, 0.3) is 0 Å². The number of thioether (sulfide) groups is 1. The van der Waals surface area contributed by atoms with Crippen molar-refractivity contribution in [2.45, 2.75) is 24.1 Å². The Morgan fingerprint density at radius 1 is 1.12 bits per heavy atom. The number of para-hydroxylation sites is 2. The molecule has 0 spiro atoms. The SMILES string of the molecule is Cc1nc(SC(C)C(=O)N2CC(=O)Nc3ccccc32)c2cc(-c3ccccc3)sc2n1. The first kappa shape index (κ1) is 20.7. The molecule has 0 bridgehead atoms. The Bertz CT molecular complexity index is 1340. The number of fused-ring (bicyclic) bond motifs is 2. The highest BCUT2D eigenvalue weighted by atomic mass is 32.2. The van der Waals surface area contributed by atoms with E-state index < -0.39 is 5.25 Å². The van der Waals surface area contributed by atoms with Crippen LogP contribution in [-0.4, -0.2) is 33.6 Å². The van der Waals surface area contributed by atoms with Crippen molar-refractivity contribution < 1.29 is 9.59 Å². The molecule has 2 aromatic carbocycles. The smallest absolute Gasteiger partial charge is 0.244 e. The zero-order chi connectivity index (χ0) is 22.2. The number of rotatable bonds is 4. The number of aryl methyl sites for hydroxylation is 1. The van der Waals surface area contributed by atoms with E-state index in [0.717, 1.165) is 31.4 Å². The fraction of sp³-hybridized carbons (Fsp3) is 0.167. The van der Waals surface area contributed by atoms with Crippen LogP contribution in [0.5, 0.6) is 0 Å². The number of nitrogens with one attached hydrogen (secondary N) is 1. The first-order valence-corrected chi connectivity index (χ1v) is 11.9. The minimum Gasteiger partial charge on any atom is -0.323 e. The average Bonchev–Trinajstić information content (AvgIpc) is 3.23. The lowest BCUT2D eigenvalue weighted by atomic mass is 10.2. The third-order valence-electron chi connectivity index (χ3n) is 5.20. The molecule has 1 aliphatic heterocycles. The van der Waals surface area contributed by atoms with Crippen LogP contribution in [-0.2, 0) is 9.59 Å². The predicted octanol–water partition coefficient (Wildman–Crippen LogP) is 5.13. The largest absolute Gasteiger partial charge is 0.323 e. The van der Waals surface area contributed by atoms with E-state index >= 15 is 0 Å². The number of hydrogen-bond acceptors (Lipinski definition) is 6. The standard InChI is InChI=1S/C24H20N4O2S2/c1-14(24(30)28-13-21(29)27-18-10-6-7-11-19(18)28)31-22-17-12-20(16-8-4-3-5-9-16)32-23(17)26-15(2)25-22/h3-12,14H,13H2,1-2H3,(H,27,29). The van der Waals surface area contributed by atoms with E-state index in [-0.39, 0.29) is 18.4 Å². The van der Waals surface area contributed by atoms with E-state index in [9.17, 15) is 9.59 Å². The van der Waals surface area contributed by atoms with Crippen LogP contribution in [0, 0.1) is 6.92 Å². The van der Waals surface area contributed by atoms with Gasteiger partial charge in [0.2, 0.25) is 11.8 Å². The van der Waals surface area contributed by atoms with Gasteiger partial charge in [-0.05, 0) is 37.6 Å². The second-order valence-corrected chi connectivity index (χ2v) is 9.88. The number of anilines is 2. The van der Waals surface area contributed by atoms with Crippen LogP contribution in [0.15, 0.2) is 65.7 Å².